The lowest BCUT2D eigenvalue weighted by Crippen LogP contribution is -2.38. The van der Waals surface area contributed by atoms with Crippen LogP contribution in [-0.4, -0.2) is 44.2 Å². The molecule has 0 spiro atoms. The first-order chi connectivity index (χ1) is 15.9. The molecular formula is C25H31N3O4S. The number of amides is 2. The van der Waals surface area contributed by atoms with Crippen molar-refractivity contribution < 1.29 is 18.0 Å². The summed E-state index contributed by atoms with van der Waals surface area (Å²) in [5.41, 5.74) is 3.27. The minimum atomic E-state index is -3.56. The van der Waals surface area contributed by atoms with Gasteiger partial charge < -0.3 is 10.2 Å². The van der Waals surface area contributed by atoms with Gasteiger partial charge >= 0.3 is 0 Å². The van der Waals surface area contributed by atoms with Crippen molar-refractivity contribution in [3.63, 3.8) is 0 Å². The first kappa shape index (κ1) is 23.4. The van der Waals surface area contributed by atoms with E-state index in [9.17, 15) is 18.0 Å². The Morgan fingerprint density at radius 3 is 2.39 bits per heavy atom. The van der Waals surface area contributed by atoms with E-state index in [2.05, 4.69) is 12.2 Å². The van der Waals surface area contributed by atoms with Crippen molar-refractivity contribution in [2.24, 2.45) is 0 Å². The summed E-state index contributed by atoms with van der Waals surface area (Å²) < 4.78 is 27.8. The summed E-state index contributed by atoms with van der Waals surface area (Å²) in [5, 5.41) is 2.86. The Kier molecular flexibility index (Phi) is 7.14. The topological polar surface area (TPSA) is 86.8 Å². The standard InChI is InChI=1S/C25H31N3O4S/c1-2-19-9-11-21(12-10-19)26-24(29)18-28-23-14-13-22(17-20(23)7-6-8-25(28)30)33(31,32)27-15-4-3-5-16-27/h9-14,17H,2-8,15-16,18H2,1H3,(H,26,29). The highest BCUT2D eigenvalue weighted by Crippen LogP contribution is 2.31. The van der Waals surface area contributed by atoms with Crippen LogP contribution in [0, 0.1) is 0 Å². The highest BCUT2D eigenvalue weighted by Gasteiger charge is 2.29. The highest BCUT2D eigenvalue weighted by molar-refractivity contribution is 7.89. The van der Waals surface area contributed by atoms with Crippen LogP contribution in [-0.2, 0) is 32.5 Å². The predicted molar refractivity (Wildman–Crippen MR) is 129 cm³/mol. The molecule has 0 saturated carbocycles. The van der Waals surface area contributed by atoms with E-state index in [0.717, 1.165) is 31.2 Å². The third-order valence-corrected chi connectivity index (χ3v) is 8.27. The van der Waals surface area contributed by atoms with E-state index in [0.29, 0.717) is 43.7 Å². The van der Waals surface area contributed by atoms with E-state index >= 15 is 0 Å². The van der Waals surface area contributed by atoms with Crippen LogP contribution in [0.3, 0.4) is 0 Å². The van der Waals surface area contributed by atoms with Gasteiger partial charge in [0.2, 0.25) is 21.8 Å². The normalized spacial score (nSPS) is 17.4. The summed E-state index contributed by atoms with van der Waals surface area (Å²) in [4.78, 5) is 27.3. The van der Waals surface area contributed by atoms with Crippen LogP contribution in [0.1, 0.15) is 50.2 Å². The van der Waals surface area contributed by atoms with Gasteiger partial charge in [0, 0.05) is 30.9 Å². The summed E-state index contributed by atoms with van der Waals surface area (Å²) in [6.45, 7) is 3.05. The maximum atomic E-state index is 13.1. The molecule has 0 atom stereocenters. The quantitative estimate of drug-likeness (QED) is 0.698. The van der Waals surface area contributed by atoms with Gasteiger partial charge in [-0.15, -0.1) is 0 Å². The number of benzene rings is 2. The zero-order valence-electron chi connectivity index (χ0n) is 19.0. The molecule has 4 rings (SSSR count). The largest absolute Gasteiger partial charge is 0.325 e. The van der Waals surface area contributed by atoms with Crippen molar-refractivity contribution in [1.29, 1.82) is 0 Å². The van der Waals surface area contributed by atoms with Gasteiger partial charge in [0.25, 0.3) is 0 Å². The minimum Gasteiger partial charge on any atom is -0.325 e. The highest BCUT2D eigenvalue weighted by atomic mass is 32.2. The molecule has 176 valence electrons. The lowest BCUT2D eigenvalue weighted by molar-refractivity contribution is -0.121. The molecule has 0 unspecified atom stereocenters. The smallest absolute Gasteiger partial charge is 0.244 e. The second-order valence-electron chi connectivity index (χ2n) is 8.69. The Hall–Kier alpha value is -2.71. The van der Waals surface area contributed by atoms with Gasteiger partial charge in [-0.25, -0.2) is 8.42 Å². The minimum absolute atomic E-state index is 0.112. The molecule has 2 aromatic carbocycles. The van der Waals surface area contributed by atoms with Crippen molar-refractivity contribution >= 4 is 33.2 Å². The Morgan fingerprint density at radius 2 is 1.70 bits per heavy atom. The van der Waals surface area contributed by atoms with Crippen LogP contribution in [0.25, 0.3) is 0 Å². The van der Waals surface area contributed by atoms with Gasteiger partial charge in [-0.05, 0) is 73.6 Å². The van der Waals surface area contributed by atoms with Crippen LogP contribution in [0.4, 0.5) is 11.4 Å². The van der Waals surface area contributed by atoms with Gasteiger partial charge in [0.1, 0.15) is 6.54 Å². The number of sulfonamides is 1. The summed E-state index contributed by atoms with van der Waals surface area (Å²) in [7, 11) is -3.56. The maximum absolute atomic E-state index is 13.1. The number of aryl methyl sites for hydroxylation is 2. The fourth-order valence-corrected chi connectivity index (χ4v) is 6.05. The number of fused-ring (bicyclic) bond motifs is 1. The number of carbonyl (C=O) groups excluding carboxylic acids is 2. The lowest BCUT2D eigenvalue weighted by atomic mass is 10.1. The third kappa shape index (κ3) is 5.28. The number of piperidine rings is 1. The number of nitrogens with one attached hydrogen (secondary N) is 1. The molecule has 7 nitrogen and oxygen atoms in total. The Labute approximate surface area is 195 Å². The molecule has 1 saturated heterocycles. The van der Waals surface area contributed by atoms with Gasteiger partial charge in [0.15, 0.2) is 0 Å². The zero-order valence-corrected chi connectivity index (χ0v) is 19.9. The second-order valence-corrected chi connectivity index (χ2v) is 10.6. The van der Waals surface area contributed by atoms with Gasteiger partial charge in [-0.3, -0.25) is 9.59 Å². The van der Waals surface area contributed by atoms with Crippen molar-refractivity contribution in [2.75, 3.05) is 29.9 Å². The fraction of sp³-hybridized carbons (Fsp3) is 0.440. The number of rotatable bonds is 6. The lowest BCUT2D eigenvalue weighted by Gasteiger charge is -2.27. The van der Waals surface area contributed by atoms with Crippen LogP contribution in [0.15, 0.2) is 47.4 Å². The van der Waals surface area contributed by atoms with Crippen molar-refractivity contribution in [1.82, 2.24) is 4.31 Å². The molecule has 0 bridgehead atoms. The average molecular weight is 470 g/mol. The van der Waals surface area contributed by atoms with Crippen molar-refractivity contribution in [3.8, 4) is 0 Å². The molecule has 8 heteroatoms. The Morgan fingerprint density at radius 1 is 0.970 bits per heavy atom. The van der Waals surface area contributed by atoms with Crippen LogP contribution >= 0.6 is 0 Å². The molecule has 0 aromatic heterocycles. The number of hydrogen-bond donors (Lipinski definition) is 1. The molecule has 2 aromatic rings. The van der Waals surface area contributed by atoms with E-state index in [4.69, 9.17) is 0 Å². The molecule has 0 radical (unpaired) electrons. The molecule has 2 heterocycles. The van der Waals surface area contributed by atoms with Crippen LogP contribution in [0.5, 0.6) is 0 Å². The molecular weight excluding hydrogens is 438 g/mol. The molecule has 2 amide bonds. The summed E-state index contributed by atoms with van der Waals surface area (Å²) in [6, 6.07) is 12.6. The Balaban J connectivity index is 1.55. The van der Waals surface area contributed by atoms with Crippen molar-refractivity contribution in [2.45, 2.75) is 56.8 Å². The molecule has 0 aliphatic carbocycles. The SMILES string of the molecule is CCc1ccc(NC(=O)CN2C(=O)CCCc3cc(S(=O)(=O)N4CCCCC4)ccc32)cc1. The van der Waals surface area contributed by atoms with Gasteiger partial charge in [0.05, 0.1) is 4.90 Å². The monoisotopic (exact) mass is 469 g/mol. The van der Waals surface area contributed by atoms with Gasteiger partial charge in [-0.2, -0.15) is 4.31 Å². The maximum Gasteiger partial charge on any atom is 0.244 e. The number of carbonyl (C=O) groups is 2. The summed E-state index contributed by atoms with van der Waals surface area (Å²) in [5.74, 6) is -0.415. The summed E-state index contributed by atoms with van der Waals surface area (Å²) >= 11 is 0. The van der Waals surface area contributed by atoms with E-state index < -0.39 is 10.0 Å². The number of nitrogens with zero attached hydrogens (tertiary/aromatic N) is 2. The molecule has 2 aliphatic rings. The summed E-state index contributed by atoms with van der Waals surface area (Å²) in [6.07, 6.45) is 5.27. The van der Waals surface area contributed by atoms with E-state index in [1.807, 2.05) is 24.3 Å². The molecule has 2 aliphatic heterocycles. The van der Waals surface area contributed by atoms with E-state index in [1.165, 1.54) is 10.5 Å². The van der Waals surface area contributed by atoms with Crippen molar-refractivity contribution in [3.05, 3.63) is 53.6 Å². The predicted octanol–water partition coefficient (Wildman–Crippen LogP) is 3.73. The second kappa shape index (κ2) is 10.1. The van der Waals surface area contributed by atoms with E-state index in [1.54, 1.807) is 22.5 Å². The average Bonchev–Trinajstić information content (AvgIpc) is 2.98. The van der Waals surface area contributed by atoms with E-state index in [-0.39, 0.29) is 23.3 Å². The molecule has 1 fully saturated rings. The first-order valence-corrected chi connectivity index (χ1v) is 13.1. The Bertz CT molecular complexity index is 1120. The van der Waals surface area contributed by atoms with Gasteiger partial charge in [-0.1, -0.05) is 25.5 Å². The third-order valence-electron chi connectivity index (χ3n) is 6.38. The first-order valence-electron chi connectivity index (χ1n) is 11.7. The fourth-order valence-electron chi connectivity index (χ4n) is 4.48. The molecule has 1 N–H and O–H groups in total. The van der Waals surface area contributed by atoms with Crippen LogP contribution < -0.4 is 10.2 Å². The zero-order chi connectivity index (χ0) is 23.4. The molecule has 33 heavy (non-hydrogen) atoms. The number of anilines is 2. The number of hydrogen-bond acceptors (Lipinski definition) is 4. The van der Waals surface area contributed by atoms with Crippen LogP contribution in [0.2, 0.25) is 0 Å².